The van der Waals surface area contributed by atoms with Crippen LogP contribution in [0, 0.1) is 0 Å². The smallest absolute Gasteiger partial charge is 0.0459 e. The topological polar surface area (TPSA) is 15.3 Å². The highest BCUT2D eigenvalue weighted by atomic mass is 35.5. The van der Waals surface area contributed by atoms with Crippen molar-refractivity contribution in [3.05, 3.63) is 28.8 Å². The van der Waals surface area contributed by atoms with Crippen molar-refractivity contribution in [3.8, 4) is 0 Å². The van der Waals surface area contributed by atoms with E-state index in [1.807, 2.05) is 6.07 Å². The van der Waals surface area contributed by atoms with E-state index < -0.39 is 0 Å². The monoisotopic (exact) mass is 278 g/mol. The lowest BCUT2D eigenvalue weighted by molar-refractivity contribution is 0.399. The van der Waals surface area contributed by atoms with Gasteiger partial charge in [-0.2, -0.15) is 0 Å². The minimum Gasteiger partial charge on any atom is -0.371 e. The summed E-state index contributed by atoms with van der Waals surface area (Å²) in [6.45, 7) is 3.53. The molecule has 2 saturated heterocycles. The Labute approximate surface area is 121 Å². The Morgan fingerprint density at radius 3 is 2.74 bits per heavy atom. The highest BCUT2D eigenvalue weighted by Gasteiger charge is 2.21. The minimum absolute atomic E-state index is 0.606. The summed E-state index contributed by atoms with van der Waals surface area (Å²) in [5, 5.41) is 4.58. The van der Waals surface area contributed by atoms with E-state index in [0.29, 0.717) is 6.04 Å². The second kappa shape index (κ2) is 6.15. The Kier molecular flexibility index (Phi) is 4.29. The van der Waals surface area contributed by atoms with E-state index in [-0.39, 0.29) is 0 Å². The van der Waals surface area contributed by atoms with Crippen LogP contribution in [0.5, 0.6) is 0 Å². The van der Waals surface area contributed by atoms with E-state index in [0.717, 1.165) is 18.0 Å². The van der Waals surface area contributed by atoms with Gasteiger partial charge in [-0.15, -0.1) is 0 Å². The molecule has 2 aliphatic heterocycles. The summed E-state index contributed by atoms with van der Waals surface area (Å²) in [5.41, 5.74) is 2.72. The molecular weight excluding hydrogens is 256 g/mol. The zero-order chi connectivity index (χ0) is 13.1. The van der Waals surface area contributed by atoms with Gasteiger partial charge < -0.3 is 10.2 Å². The molecule has 0 amide bonds. The lowest BCUT2D eigenvalue weighted by atomic mass is 9.96. The Bertz CT molecular complexity index is 421. The number of hydrogen-bond acceptors (Lipinski definition) is 2. The third-order valence-corrected chi connectivity index (χ3v) is 4.76. The molecule has 104 valence electrons. The molecule has 1 unspecified atom stereocenters. The molecule has 0 radical (unpaired) electrons. The zero-order valence-electron chi connectivity index (χ0n) is 11.5. The fourth-order valence-electron chi connectivity index (χ4n) is 3.35. The summed E-state index contributed by atoms with van der Waals surface area (Å²) in [6.07, 6.45) is 7.65. The Morgan fingerprint density at radius 1 is 1.16 bits per heavy atom. The molecule has 0 aromatic heterocycles. The van der Waals surface area contributed by atoms with E-state index in [1.54, 1.807) is 0 Å². The highest BCUT2D eigenvalue weighted by molar-refractivity contribution is 6.31. The van der Waals surface area contributed by atoms with Crippen molar-refractivity contribution in [2.75, 3.05) is 24.5 Å². The summed E-state index contributed by atoms with van der Waals surface area (Å²) >= 11 is 6.47. The van der Waals surface area contributed by atoms with Gasteiger partial charge in [0.15, 0.2) is 0 Å². The van der Waals surface area contributed by atoms with Gasteiger partial charge in [-0.05, 0) is 56.3 Å². The number of hydrogen-bond donors (Lipinski definition) is 1. The van der Waals surface area contributed by atoms with E-state index in [4.69, 9.17) is 11.6 Å². The number of halogens is 1. The SMILES string of the molecule is Clc1cccc(N2CCCC2)c1CC1CCCCN1. The predicted molar refractivity (Wildman–Crippen MR) is 82.2 cm³/mol. The first-order valence-electron chi connectivity index (χ1n) is 7.60. The van der Waals surface area contributed by atoms with Crippen LogP contribution in [0.3, 0.4) is 0 Å². The van der Waals surface area contributed by atoms with Gasteiger partial charge in [0.2, 0.25) is 0 Å². The van der Waals surface area contributed by atoms with Gasteiger partial charge in [-0.1, -0.05) is 24.1 Å². The number of nitrogens with one attached hydrogen (secondary N) is 1. The quantitative estimate of drug-likeness (QED) is 0.908. The van der Waals surface area contributed by atoms with Gasteiger partial charge in [-0.3, -0.25) is 0 Å². The lowest BCUT2D eigenvalue weighted by Gasteiger charge is -2.27. The normalized spacial score (nSPS) is 23.8. The first-order chi connectivity index (χ1) is 9.34. The molecule has 2 fully saturated rings. The van der Waals surface area contributed by atoms with E-state index in [1.165, 1.54) is 56.4 Å². The average molecular weight is 279 g/mol. The van der Waals surface area contributed by atoms with Gasteiger partial charge in [0.25, 0.3) is 0 Å². The number of rotatable bonds is 3. The van der Waals surface area contributed by atoms with Crippen LogP contribution >= 0.6 is 11.6 Å². The van der Waals surface area contributed by atoms with Crippen LogP contribution in [-0.2, 0) is 6.42 Å². The van der Waals surface area contributed by atoms with Gasteiger partial charge in [0, 0.05) is 29.8 Å². The van der Waals surface area contributed by atoms with Crippen LogP contribution in [0.2, 0.25) is 5.02 Å². The summed E-state index contributed by atoms with van der Waals surface area (Å²) < 4.78 is 0. The summed E-state index contributed by atoms with van der Waals surface area (Å²) in [7, 11) is 0. The maximum atomic E-state index is 6.47. The molecule has 2 aliphatic rings. The average Bonchev–Trinajstić information content (AvgIpc) is 2.96. The largest absolute Gasteiger partial charge is 0.371 e. The van der Waals surface area contributed by atoms with Crippen molar-refractivity contribution in [1.82, 2.24) is 5.32 Å². The van der Waals surface area contributed by atoms with Crippen LogP contribution in [0.15, 0.2) is 18.2 Å². The minimum atomic E-state index is 0.606. The second-order valence-electron chi connectivity index (χ2n) is 5.78. The Hall–Kier alpha value is -0.730. The van der Waals surface area contributed by atoms with Gasteiger partial charge in [0.05, 0.1) is 0 Å². The first kappa shape index (κ1) is 13.3. The number of nitrogens with zero attached hydrogens (tertiary/aromatic N) is 1. The summed E-state index contributed by atoms with van der Waals surface area (Å²) in [4.78, 5) is 2.50. The highest BCUT2D eigenvalue weighted by Crippen LogP contribution is 2.31. The van der Waals surface area contributed by atoms with Crippen molar-refractivity contribution in [1.29, 1.82) is 0 Å². The molecule has 0 aliphatic carbocycles. The van der Waals surface area contributed by atoms with Crippen LogP contribution in [-0.4, -0.2) is 25.7 Å². The Morgan fingerprint density at radius 2 is 2.00 bits per heavy atom. The van der Waals surface area contributed by atoms with Crippen molar-refractivity contribution in [2.45, 2.75) is 44.6 Å². The van der Waals surface area contributed by atoms with Crippen molar-refractivity contribution < 1.29 is 0 Å². The lowest BCUT2D eigenvalue weighted by Crippen LogP contribution is -2.36. The molecule has 1 aromatic rings. The predicted octanol–water partition coefficient (Wildman–Crippen LogP) is 3.62. The number of anilines is 1. The molecule has 1 atom stereocenters. The van der Waals surface area contributed by atoms with Crippen molar-refractivity contribution in [3.63, 3.8) is 0 Å². The third kappa shape index (κ3) is 3.06. The molecule has 0 bridgehead atoms. The maximum Gasteiger partial charge on any atom is 0.0459 e. The summed E-state index contributed by atoms with van der Waals surface area (Å²) in [6, 6.07) is 6.98. The second-order valence-corrected chi connectivity index (χ2v) is 6.19. The first-order valence-corrected chi connectivity index (χ1v) is 7.98. The molecular formula is C16H23ClN2. The number of piperidine rings is 1. The Balaban J connectivity index is 1.81. The van der Waals surface area contributed by atoms with Gasteiger partial charge in [0.1, 0.15) is 0 Å². The van der Waals surface area contributed by atoms with E-state index in [2.05, 4.69) is 22.3 Å². The van der Waals surface area contributed by atoms with E-state index in [9.17, 15) is 0 Å². The fourth-order valence-corrected chi connectivity index (χ4v) is 3.59. The summed E-state index contributed by atoms with van der Waals surface area (Å²) in [5.74, 6) is 0. The molecule has 1 aromatic carbocycles. The van der Waals surface area contributed by atoms with Crippen LogP contribution < -0.4 is 10.2 Å². The molecule has 3 rings (SSSR count). The molecule has 0 saturated carbocycles. The molecule has 2 heterocycles. The molecule has 1 N–H and O–H groups in total. The van der Waals surface area contributed by atoms with Crippen LogP contribution in [0.25, 0.3) is 0 Å². The molecule has 2 nitrogen and oxygen atoms in total. The van der Waals surface area contributed by atoms with Crippen molar-refractivity contribution in [2.24, 2.45) is 0 Å². The number of benzene rings is 1. The standard InChI is InChI=1S/C16H23ClN2/c17-15-7-5-8-16(19-10-3-4-11-19)14(15)12-13-6-1-2-9-18-13/h5,7-8,13,18H,1-4,6,9-12H2. The van der Waals surface area contributed by atoms with Gasteiger partial charge >= 0.3 is 0 Å². The molecule has 3 heteroatoms. The van der Waals surface area contributed by atoms with Crippen LogP contribution in [0.4, 0.5) is 5.69 Å². The fraction of sp³-hybridized carbons (Fsp3) is 0.625. The molecule has 19 heavy (non-hydrogen) atoms. The zero-order valence-corrected chi connectivity index (χ0v) is 12.3. The van der Waals surface area contributed by atoms with Gasteiger partial charge in [-0.25, -0.2) is 0 Å². The van der Waals surface area contributed by atoms with E-state index >= 15 is 0 Å². The van der Waals surface area contributed by atoms with Crippen LogP contribution in [0.1, 0.15) is 37.7 Å². The maximum absolute atomic E-state index is 6.47. The van der Waals surface area contributed by atoms with Crippen molar-refractivity contribution >= 4 is 17.3 Å². The molecule has 0 spiro atoms. The third-order valence-electron chi connectivity index (χ3n) is 4.40.